The summed E-state index contributed by atoms with van der Waals surface area (Å²) in [6, 6.07) is -0.359. The Kier molecular flexibility index (Phi) is 5.28. The molecule has 23 heavy (non-hydrogen) atoms. The molecular weight excluding hydrogens is 302 g/mol. The second-order valence-electron chi connectivity index (χ2n) is 5.79. The largest absolute Gasteiger partial charge is 0.477 e. The monoisotopic (exact) mass is 325 g/mol. The van der Waals surface area contributed by atoms with Crippen molar-refractivity contribution in [2.75, 3.05) is 7.11 Å². The average Bonchev–Trinajstić information content (AvgIpc) is 2.90. The summed E-state index contributed by atoms with van der Waals surface area (Å²) in [7, 11) is 1.28. The molecule has 0 saturated carbocycles. The molecule has 0 aromatic heterocycles. The van der Waals surface area contributed by atoms with Crippen LogP contribution < -0.4 is 0 Å². The van der Waals surface area contributed by atoms with Crippen molar-refractivity contribution in [3.63, 3.8) is 0 Å². The van der Waals surface area contributed by atoms with Crippen LogP contribution >= 0.6 is 0 Å². The summed E-state index contributed by atoms with van der Waals surface area (Å²) in [5.41, 5.74) is 0. The third-order valence-corrected chi connectivity index (χ3v) is 4.11. The van der Waals surface area contributed by atoms with E-state index >= 15 is 0 Å². The molecule has 5 atom stereocenters. The lowest BCUT2D eigenvalue weighted by Gasteiger charge is -2.37. The van der Waals surface area contributed by atoms with Crippen molar-refractivity contribution in [2.24, 2.45) is 10.9 Å². The molecule has 0 radical (unpaired) electrons. The highest BCUT2D eigenvalue weighted by atomic mass is 16.6. The minimum atomic E-state index is -0.601. The Morgan fingerprint density at radius 3 is 2.65 bits per heavy atom. The van der Waals surface area contributed by atoms with Crippen molar-refractivity contribution in [1.29, 1.82) is 0 Å². The van der Waals surface area contributed by atoms with Gasteiger partial charge in [-0.2, -0.15) is 0 Å². The maximum absolute atomic E-state index is 11.9. The minimum Gasteiger partial charge on any atom is -0.477 e. The molecule has 0 aliphatic carbocycles. The molecule has 0 aromatic rings. The van der Waals surface area contributed by atoms with Gasteiger partial charge in [0.15, 0.2) is 12.0 Å². The van der Waals surface area contributed by atoms with Crippen LogP contribution in [0.15, 0.2) is 16.8 Å². The number of aliphatic imine (C=N–C) groups is 1. The van der Waals surface area contributed by atoms with Gasteiger partial charge in [0.25, 0.3) is 0 Å². The molecule has 128 valence electrons. The van der Waals surface area contributed by atoms with Crippen LogP contribution in [0.3, 0.4) is 0 Å². The first-order valence-corrected chi connectivity index (χ1v) is 7.72. The highest BCUT2D eigenvalue weighted by molar-refractivity contribution is 5.87. The molecule has 7 heteroatoms. The molecule has 0 saturated heterocycles. The molecule has 1 unspecified atom stereocenters. The standard InChI is InChI=1S/C16H23NO6/c1-6-8(2)14(22-10(4)18)15-13-11(21-9(3)17-13)7-12(23-15)16(19)20-5/h7-8,11,13-15H,6H2,1-5H3/t8-,11+,13-,14-,15?/m1/s1. The quantitative estimate of drug-likeness (QED) is 0.714. The van der Waals surface area contributed by atoms with E-state index in [1.54, 1.807) is 13.0 Å². The number of esters is 2. The number of carbonyl (C=O) groups excluding carboxylic acids is 2. The Morgan fingerprint density at radius 1 is 1.39 bits per heavy atom. The number of rotatable bonds is 5. The van der Waals surface area contributed by atoms with E-state index in [2.05, 4.69) is 4.99 Å². The number of hydrogen-bond donors (Lipinski definition) is 0. The second kappa shape index (κ2) is 7.02. The Balaban J connectivity index is 2.34. The van der Waals surface area contributed by atoms with Crippen LogP contribution in [0.4, 0.5) is 0 Å². The molecule has 2 rings (SSSR count). The van der Waals surface area contributed by atoms with Gasteiger partial charge in [0, 0.05) is 19.9 Å². The molecule has 7 nitrogen and oxygen atoms in total. The van der Waals surface area contributed by atoms with Gasteiger partial charge in [-0.3, -0.25) is 4.79 Å². The topological polar surface area (TPSA) is 83.4 Å². The SMILES string of the molecule is CC[C@@H](C)[C@@H](OC(C)=O)C1OC(C(=O)OC)=C[C@@H]2OC(C)=N[C@@H]12. The van der Waals surface area contributed by atoms with E-state index in [4.69, 9.17) is 18.9 Å². The van der Waals surface area contributed by atoms with Crippen molar-refractivity contribution in [1.82, 2.24) is 0 Å². The Morgan fingerprint density at radius 2 is 2.09 bits per heavy atom. The molecule has 0 aromatic carbocycles. The van der Waals surface area contributed by atoms with Crippen LogP contribution in [-0.2, 0) is 28.5 Å². The summed E-state index contributed by atoms with van der Waals surface area (Å²) < 4.78 is 21.7. The molecule has 0 N–H and O–H groups in total. The molecule has 2 aliphatic rings. The predicted molar refractivity (Wildman–Crippen MR) is 81.8 cm³/mol. The van der Waals surface area contributed by atoms with Gasteiger partial charge in [-0.1, -0.05) is 13.8 Å². The van der Waals surface area contributed by atoms with E-state index in [9.17, 15) is 9.59 Å². The van der Waals surface area contributed by atoms with Crippen molar-refractivity contribution in [3.05, 3.63) is 11.8 Å². The van der Waals surface area contributed by atoms with E-state index in [1.165, 1.54) is 14.0 Å². The first-order valence-electron chi connectivity index (χ1n) is 7.72. The van der Waals surface area contributed by atoms with Gasteiger partial charge in [0.05, 0.1) is 7.11 Å². The number of ether oxygens (including phenoxy) is 4. The summed E-state index contributed by atoms with van der Waals surface area (Å²) in [6.07, 6.45) is 0.793. The van der Waals surface area contributed by atoms with Gasteiger partial charge in [0.1, 0.15) is 18.2 Å². The van der Waals surface area contributed by atoms with Crippen LogP contribution in [-0.4, -0.2) is 49.3 Å². The minimum absolute atomic E-state index is 0.0395. The number of fused-ring (bicyclic) bond motifs is 1. The number of hydrogen-bond acceptors (Lipinski definition) is 7. The highest BCUT2D eigenvalue weighted by Crippen LogP contribution is 2.33. The highest BCUT2D eigenvalue weighted by Gasteiger charge is 2.47. The van der Waals surface area contributed by atoms with Crippen molar-refractivity contribution < 1.29 is 28.5 Å². The summed E-state index contributed by atoms with van der Waals surface area (Å²) in [6.45, 7) is 7.06. The maximum atomic E-state index is 11.9. The van der Waals surface area contributed by atoms with Crippen LogP contribution in [0.5, 0.6) is 0 Å². The summed E-state index contributed by atoms with van der Waals surface area (Å²) in [4.78, 5) is 27.8. The van der Waals surface area contributed by atoms with Crippen LogP contribution in [0.2, 0.25) is 0 Å². The number of nitrogens with zero attached hydrogens (tertiary/aromatic N) is 1. The Hall–Kier alpha value is -2.05. The smallest absolute Gasteiger partial charge is 0.373 e. The zero-order valence-electron chi connectivity index (χ0n) is 14.1. The fourth-order valence-corrected chi connectivity index (χ4v) is 2.79. The van der Waals surface area contributed by atoms with E-state index in [1.807, 2.05) is 13.8 Å². The van der Waals surface area contributed by atoms with Gasteiger partial charge in [-0.05, 0) is 12.3 Å². The molecule has 0 amide bonds. The molecule has 2 aliphatic heterocycles. The predicted octanol–water partition coefficient (Wildman–Crippen LogP) is 1.61. The lowest BCUT2D eigenvalue weighted by molar-refractivity contribution is -0.163. The molecule has 0 spiro atoms. The normalized spacial score (nSPS) is 28.3. The summed E-state index contributed by atoms with van der Waals surface area (Å²) >= 11 is 0. The van der Waals surface area contributed by atoms with Gasteiger partial charge in [-0.25, -0.2) is 9.79 Å². The molecule has 0 fully saturated rings. The average molecular weight is 325 g/mol. The fourth-order valence-electron chi connectivity index (χ4n) is 2.79. The second-order valence-corrected chi connectivity index (χ2v) is 5.79. The summed E-state index contributed by atoms with van der Waals surface area (Å²) in [5, 5.41) is 0. The third kappa shape index (κ3) is 3.65. The third-order valence-electron chi connectivity index (χ3n) is 4.11. The molecule has 2 heterocycles. The summed E-state index contributed by atoms with van der Waals surface area (Å²) in [5.74, 6) is -0.375. The van der Waals surface area contributed by atoms with Crippen LogP contribution in [0.1, 0.15) is 34.1 Å². The van der Waals surface area contributed by atoms with Crippen molar-refractivity contribution in [2.45, 2.75) is 58.5 Å². The number of methoxy groups -OCH3 is 1. The Labute approximate surface area is 135 Å². The molecule has 0 bridgehead atoms. The Bertz CT molecular complexity index is 541. The zero-order chi connectivity index (χ0) is 17.1. The van der Waals surface area contributed by atoms with Crippen molar-refractivity contribution in [3.8, 4) is 0 Å². The van der Waals surface area contributed by atoms with Gasteiger partial charge >= 0.3 is 11.9 Å². The van der Waals surface area contributed by atoms with Gasteiger partial charge < -0.3 is 18.9 Å². The lowest BCUT2D eigenvalue weighted by atomic mass is 9.89. The maximum Gasteiger partial charge on any atom is 0.373 e. The van der Waals surface area contributed by atoms with E-state index in [0.717, 1.165) is 6.42 Å². The van der Waals surface area contributed by atoms with Crippen LogP contribution in [0, 0.1) is 5.92 Å². The van der Waals surface area contributed by atoms with E-state index in [0.29, 0.717) is 5.90 Å². The molecular formula is C16H23NO6. The van der Waals surface area contributed by atoms with E-state index < -0.39 is 30.3 Å². The fraction of sp³-hybridized carbons (Fsp3) is 0.688. The number of carbonyl (C=O) groups is 2. The van der Waals surface area contributed by atoms with Gasteiger partial charge in [-0.15, -0.1) is 0 Å². The lowest BCUT2D eigenvalue weighted by Crippen LogP contribution is -2.50. The van der Waals surface area contributed by atoms with Crippen LogP contribution in [0.25, 0.3) is 0 Å². The van der Waals surface area contributed by atoms with Crippen molar-refractivity contribution >= 4 is 17.8 Å². The zero-order valence-corrected chi connectivity index (χ0v) is 14.1. The van der Waals surface area contributed by atoms with Gasteiger partial charge in [0.2, 0.25) is 5.76 Å². The van der Waals surface area contributed by atoms with E-state index in [-0.39, 0.29) is 17.7 Å². The first kappa shape index (κ1) is 17.3. The first-order chi connectivity index (χ1) is 10.9.